The van der Waals surface area contributed by atoms with E-state index in [0.29, 0.717) is 12.1 Å². The van der Waals surface area contributed by atoms with Crippen molar-refractivity contribution in [2.45, 2.75) is 31.1 Å². The molecule has 1 fully saturated rings. The molecule has 0 radical (unpaired) electrons. The molecule has 5 heteroatoms. The van der Waals surface area contributed by atoms with Crippen LogP contribution in [-0.2, 0) is 5.41 Å². The first-order valence-electron chi connectivity index (χ1n) is 6.01. The number of phenolic OH excluding ortho intramolecular Hbond substituents is 1. The number of hydrogen-bond acceptors (Lipinski definition) is 3. The van der Waals surface area contributed by atoms with Crippen LogP contribution in [0.3, 0.4) is 0 Å². The lowest BCUT2D eigenvalue weighted by atomic mass is 9.78. The maximum Gasteiger partial charge on any atom is 0.163 e. The Morgan fingerprint density at radius 3 is 2.61 bits per heavy atom. The van der Waals surface area contributed by atoms with E-state index in [2.05, 4.69) is 0 Å². The summed E-state index contributed by atoms with van der Waals surface area (Å²) in [4.78, 5) is 0. The fourth-order valence-corrected chi connectivity index (χ4v) is 3.19. The molecule has 1 aliphatic rings. The smallest absolute Gasteiger partial charge is 0.163 e. The highest BCUT2D eigenvalue weighted by Crippen LogP contribution is 2.50. The van der Waals surface area contributed by atoms with Gasteiger partial charge in [-0.1, -0.05) is 24.4 Å². The number of hydrogen-bond donors (Lipinski definition) is 2. The minimum Gasteiger partial charge on any atom is -0.504 e. The highest BCUT2D eigenvalue weighted by atomic mass is 35.5. The number of aromatic hydroxyl groups is 1. The van der Waals surface area contributed by atoms with Gasteiger partial charge in [0, 0.05) is 23.6 Å². The largest absolute Gasteiger partial charge is 0.504 e. The maximum absolute atomic E-state index is 13.8. The summed E-state index contributed by atoms with van der Waals surface area (Å²) in [6, 6.07) is 1.10. The average molecular weight is 274 g/mol. The topological polar surface area (TPSA) is 55.5 Å². The second-order valence-electron chi connectivity index (χ2n) is 4.79. The summed E-state index contributed by atoms with van der Waals surface area (Å²) in [6.07, 6.45) is 3.63. The van der Waals surface area contributed by atoms with Crippen LogP contribution >= 0.6 is 11.6 Å². The van der Waals surface area contributed by atoms with Gasteiger partial charge >= 0.3 is 0 Å². The van der Waals surface area contributed by atoms with Crippen molar-refractivity contribution in [2.75, 3.05) is 13.7 Å². The summed E-state index contributed by atoms with van der Waals surface area (Å²) < 4.78 is 18.8. The van der Waals surface area contributed by atoms with E-state index in [1.54, 1.807) is 0 Å². The Balaban J connectivity index is 2.65. The van der Waals surface area contributed by atoms with Gasteiger partial charge in [-0.3, -0.25) is 0 Å². The van der Waals surface area contributed by atoms with Gasteiger partial charge in [-0.05, 0) is 12.8 Å². The third-order valence-corrected chi connectivity index (χ3v) is 4.23. The van der Waals surface area contributed by atoms with Gasteiger partial charge in [0.1, 0.15) is 5.82 Å². The van der Waals surface area contributed by atoms with E-state index >= 15 is 0 Å². The molecule has 100 valence electrons. The maximum atomic E-state index is 13.8. The van der Waals surface area contributed by atoms with Crippen molar-refractivity contribution in [1.29, 1.82) is 0 Å². The zero-order valence-electron chi connectivity index (χ0n) is 10.3. The van der Waals surface area contributed by atoms with Crippen molar-refractivity contribution in [2.24, 2.45) is 5.73 Å². The first kappa shape index (κ1) is 13.4. The number of rotatable bonds is 3. The van der Waals surface area contributed by atoms with Gasteiger partial charge < -0.3 is 15.6 Å². The zero-order chi connectivity index (χ0) is 13.3. The van der Waals surface area contributed by atoms with E-state index < -0.39 is 11.2 Å². The minimum atomic E-state index is -0.582. The van der Waals surface area contributed by atoms with Crippen molar-refractivity contribution in [3.8, 4) is 11.5 Å². The van der Waals surface area contributed by atoms with E-state index in [4.69, 9.17) is 22.1 Å². The van der Waals surface area contributed by atoms with Crippen molar-refractivity contribution in [3.05, 3.63) is 22.5 Å². The van der Waals surface area contributed by atoms with Crippen LogP contribution in [0.1, 0.15) is 31.2 Å². The Labute approximate surface area is 111 Å². The van der Waals surface area contributed by atoms with Crippen molar-refractivity contribution in [3.63, 3.8) is 0 Å². The monoisotopic (exact) mass is 273 g/mol. The molecule has 0 bridgehead atoms. The molecule has 3 nitrogen and oxygen atoms in total. The second-order valence-corrected chi connectivity index (χ2v) is 5.17. The molecule has 1 aliphatic carbocycles. The van der Waals surface area contributed by atoms with Crippen molar-refractivity contribution >= 4 is 11.6 Å². The van der Waals surface area contributed by atoms with Crippen LogP contribution in [0.4, 0.5) is 4.39 Å². The number of nitrogens with two attached hydrogens (primary N) is 1. The summed E-state index contributed by atoms with van der Waals surface area (Å²) in [5, 5.41) is 10.2. The SMILES string of the molecule is COc1cc(F)c(Cl)c(C2(CN)CCCC2)c1O. The fraction of sp³-hybridized carbons (Fsp3) is 0.538. The molecular weight excluding hydrogens is 257 g/mol. The quantitative estimate of drug-likeness (QED) is 0.890. The summed E-state index contributed by atoms with van der Waals surface area (Å²) in [7, 11) is 1.38. The second kappa shape index (κ2) is 4.94. The van der Waals surface area contributed by atoms with E-state index in [9.17, 15) is 9.50 Å². The molecular formula is C13H17ClFNO2. The van der Waals surface area contributed by atoms with Gasteiger partial charge in [-0.15, -0.1) is 0 Å². The first-order chi connectivity index (χ1) is 8.55. The molecule has 0 spiro atoms. The lowest BCUT2D eigenvalue weighted by Gasteiger charge is -2.30. The normalized spacial score (nSPS) is 18.0. The molecule has 0 saturated heterocycles. The average Bonchev–Trinajstić information content (AvgIpc) is 2.84. The number of methoxy groups -OCH3 is 1. The van der Waals surface area contributed by atoms with Crippen LogP contribution in [0.5, 0.6) is 11.5 Å². The van der Waals surface area contributed by atoms with Crippen LogP contribution in [-0.4, -0.2) is 18.8 Å². The molecule has 1 aromatic rings. The van der Waals surface area contributed by atoms with Crippen molar-refractivity contribution < 1.29 is 14.2 Å². The number of benzene rings is 1. The number of ether oxygens (including phenoxy) is 1. The van der Waals surface area contributed by atoms with E-state index in [-0.39, 0.29) is 16.5 Å². The molecule has 0 aliphatic heterocycles. The van der Waals surface area contributed by atoms with Crippen LogP contribution in [0.15, 0.2) is 6.07 Å². The van der Waals surface area contributed by atoms with E-state index in [0.717, 1.165) is 31.7 Å². The Hall–Kier alpha value is -1.00. The molecule has 1 saturated carbocycles. The molecule has 0 amide bonds. The summed E-state index contributed by atoms with van der Waals surface area (Å²) in [5.74, 6) is -0.566. The number of phenols is 1. The van der Waals surface area contributed by atoms with Gasteiger partial charge in [-0.25, -0.2) is 4.39 Å². The zero-order valence-corrected chi connectivity index (χ0v) is 11.1. The third-order valence-electron chi connectivity index (χ3n) is 3.86. The minimum absolute atomic E-state index is 0.0411. The molecule has 18 heavy (non-hydrogen) atoms. The van der Waals surface area contributed by atoms with Crippen LogP contribution in [0.2, 0.25) is 5.02 Å². The Morgan fingerprint density at radius 2 is 2.11 bits per heavy atom. The predicted octanol–water partition coefficient (Wildman–Crippen LogP) is 2.96. The molecule has 0 unspecified atom stereocenters. The van der Waals surface area contributed by atoms with Crippen LogP contribution in [0, 0.1) is 5.82 Å². The summed E-state index contributed by atoms with van der Waals surface area (Å²) >= 11 is 6.03. The lowest BCUT2D eigenvalue weighted by Crippen LogP contribution is -2.32. The molecule has 0 aromatic heterocycles. The molecule has 1 aromatic carbocycles. The van der Waals surface area contributed by atoms with E-state index in [1.807, 2.05) is 0 Å². The Kier molecular flexibility index (Phi) is 3.69. The highest BCUT2D eigenvalue weighted by molar-refractivity contribution is 6.32. The van der Waals surface area contributed by atoms with Crippen molar-refractivity contribution in [1.82, 2.24) is 0 Å². The van der Waals surface area contributed by atoms with Gasteiger partial charge in [0.15, 0.2) is 11.5 Å². The van der Waals surface area contributed by atoms with Crippen LogP contribution < -0.4 is 10.5 Å². The lowest BCUT2D eigenvalue weighted by molar-refractivity contribution is 0.350. The Bertz CT molecular complexity index is 459. The number of halogens is 2. The first-order valence-corrected chi connectivity index (χ1v) is 6.39. The van der Waals surface area contributed by atoms with Gasteiger partial charge in [0.25, 0.3) is 0 Å². The molecule has 3 N–H and O–H groups in total. The van der Waals surface area contributed by atoms with Gasteiger partial charge in [-0.2, -0.15) is 0 Å². The van der Waals surface area contributed by atoms with E-state index in [1.165, 1.54) is 7.11 Å². The highest BCUT2D eigenvalue weighted by Gasteiger charge is 2.40. The van der Waals surface area contributed by atoms with Gasteiger partial charge in [0.2, 0.25) is 0 Å². The fourth-order valence-electron chi connectivity index (χ4n) is 2.84. The molecule has 0 atom stereocenters. The third kappa shape index (κ3) is 1.93. The molecule has 2 rings (SSSR count). The summed E-state index contributed by atoms with van der Waals surface area (Å²) in [6.45, 7) is 0.340. The van der Waals surface area contributed by atoms with Crippen LogP contribution in [0.25, 0.3) is 0 Å². The molecule has 0 heterocycles. The standard InChI is InChI=1S/C13H17ClFNO2/c1-18-9-6-8(15)11(14)10(12(9)17)13(7-16)4-2-3-5-13/h6,17H,2-5,7,16H2,1H3. The predicted molar refractivity (Wildman–Crippen MR) is 68.8 cm³/mol. The summed E-state index contributed by atoms with van der Waals surface area (Å²) in [5.41, 5.74) is 5.82. The Morgan fingerprint density at radius 1 is 1.50 bits per heavy atom. The van der Waals surface area contributed by atoms with Gasteiger partial charge in [0.05, 0.1) is 12.1 Å².